The summed E-state index contributed by atoms with van der Waals surface area (Å²) in [5.74, 6) is -0.548. The highest BCUT2D eigenvalue weighted by Gasteiger charge is 2.26. The summed E-state index contributed by atoms with van der Waals surface area (Å²) < 4.78 is 20.0. The Bertz CT molecular complexity index is 1620. The summed E-state index contributed by atoms with van der Waals surface area (Å²) in [6.45, 7) is 5.63. The van der Waals surface area contributed by atoms with Crippen LogP contribution in [0, 0.1) is 11.7 Å². The third kappa shape index (κ3) is 5.67. The average Bonchev–Trinajstić information content (AvgIpc) is 3.40. The van der Waals surface area contributed by atoms with Crippen LogP contribution in [-0.2, 0) is 0 Å². The molecule has 2 unspecified atom stereocenters. The van der Waals surface area contributed by atoms with Gasteiger partial charge in [-0.05, 0) is 74.7 Å². The van der Waals surface area contributed by atoms with Gasteiger partial charge in [-0.2, -0.15) is 0 Å². The number of hydrogen-bond acceptors (Lipinski definition) is 5. The third-order valence-corrected chi connectivity index (χ3v) is 8.02. The number of anilines is 1. The van der Waals surface area contributed by atoms with E-state index in [2.05, 4.69) is 29.4 Å². The van der Waals surface area contributed by atoms with Crippen LogP contribution in [0.5, 0.6) is 0 Å². The van der Waals surface area contributed by atoms with Gasteiger partial charge >= 0.3 is 0 Å². The van der Waals surface area contributed by atoms with E-state index in [0.29, 0.717) is 39.8 Å². The lowest BCUT2D eigenvalue weighted by atomic mass is 9.89. The number of amides is 2. The maximum atomic E-state index is 13.7. The highest BCUT2D eigenvalue weighted by Crippen LogP contribution is 2.41. The second-order valence-electron chi connectivity index (χ2n) is 10.5. The zero-order chi connectivity index (χ0) is 29.8. The first kappa shape index (κ1) is 29.1. The fourth-order valence-electron chi connectivity index (χ4n) is 5.67. The average molecular weight is 570 g/mol. The van der Waals surface area contributed by atoms with Crippen LogP contribution in [-0.4, -0.2) is 49.7 Å². The Morgan fingerprint density at radius 3 is 2.40 bits per heavy atom. The van der Waals surface area contributed by atoms with Gasteiger partial charge in [0.1, 0.15) is 17.2 Å². The standard InChI is InChI=1S/C34H36FN3O4/c1-4-38(5-2)29-19-30-27(31(34(41)36-3)32(42-30)21-13-15-25(35)16-14-21)18-26(29)22-10-8-11-23(17-22)33(40)37-28-12-7-6-9-24(28)20-39/h6-8,10-11,13-19,24,28,39H,4-5,9,12,20H2,1-3H3,(H,36,41)(H,37,40). The van der Waals surface area contributed by atoms with Gasteiger partial charge in [-0.1, -0.05) is 24.3 Å². The summed E-state index contributed by atoms with van der Waals surface area (Å²) in [7, 11) is 1.56. The van der Waals surface area contributed by atoms with Crippen molar-refractivity contribution in [1.82, 2.24) is 10.6 Å². The Kier molecular flexibility index (Phi) is 8.73. The molecule has 3 N–H and O–H groups in total. The Labute approximate surface area is 245 Å². The molecule has 1 aliphatic rings. The summed E-state index contributed by atoms with van der Waals surface area (Å²) in [6.07, 6.45) is 5.49. The molecule has 0 aliphatic heterocycles. The third-order valence-electron chi connectivity index (χ3n) is 8.02. The lowest BCUT2D eigenvalue weighted by Gasteiger charge is -2.28. The number of nitrogens with zero attached hydrogens (tertiary/aromatic N) is 1. The fourth-order valence-corrected chi connectivity index (χ4v) is 5.67. The normalized spacial score (nSPS) is 16.4. The highest BCUT2D eigenvalue weighted by atomic mass is 19.1. The molecule has 0 spiro atoms. The Morgan fingerprint density at radius 2 is 1.71 bits per heavy atom. The van der Waals surface area contributed by atoms with Crippen LogP contribution < -0.4 is 15.5 Å². The van der Waals surface area contributed by atoms with E-state index in [-0.39, 0.29) is 36.2 Å². The van der Waals surface area contributed by atoms with Gasteiger partial charge in [0, 0.05) is 72.5 Å². The smallest absolute Gasteiger partial charge is 0.255 e. The lowest BCUT2D eigenvalue weighted by molar-refractivity contribution is 0.0901. The van der Waals surface area contributed by atoms with Gasteiger partial charge in [-0.15, -0.1) is 0 Å². The van der Waals surface area contributed by atoms with Crippen molar-refractivity contribution in [2.45, 2.75) is 32.7 Å². The van der Waals surface area contributed by atoms with E-state index in [1.165, 1.54) is 12.1 Å². The quantitative estimate of drug-likeness (QED) is 0.210. The number of rotatable bonds is 9. The monoisotopic (exact) mass is 569 g/mol. The number of benzene rings is 3. The van der Waals surface area contributed by atoms with Crippen molar-refractivity contribution in [3.05, 3.63) is 89.8 Å². The zero-order valence-corrected chi connectivity index (χ0v) is 24.1. The molecule has 1 heterocycles. The molecule has 8 heteroatoms. The van der Waals surface area contributed by atoms with Crippen molar-refractivity contribution in [3.8, 4) is 22.5 Å². The van der Waals surface area contributed by atoms with Gasteiger partial charge in [0.15, 0.2) is 0 Å². The summed E-state index contributed by atoms with van der Waals surface area (Å²) in [5.41, 5.74) is 4.58. The number of carbonyl (C=O) groups excluding carboxylic acids is 2. The summed E-state index contributed by atoms with van der Waals surface area (Å²) in [5, 5.41) is 16.2. The van der Waals surface area contributed by atoms with Crippen molar-refractivity contribution in [2.24, 2.45) is 5.92 Å². The second-order valence-corrected chi connectivity index (χ2v) is 10.5. The summed E-state index contributed by atoms with van der Waals surface area (Å²) >= 11 is 0. The maximum Gasteiger partial charge on any atom is 0.255 e. The van der Waals surface area contributed by atoms with Gasteiger partial charge in [0.25, 0.3) is 11.8 Å². The molecule has 0 fully saturated rings. The Hall–Kier alpha value is -4.43. The topological polar surface area (TPSA) is 94.8 Å². The predicted octanol–water partition coefficient (Wildman–Crippen LogP) is 6.17. The highest BCUT2D eigenvalue weighted by molar-refractivity contribution is 6.13. The molecule has 0 saturated heterocycles. The predicted molar refractivity (Wildman–Crippen MR) is 164 cm³/mol. The number of fused-ring (bicyclic) bond motifs is 1. The van der Waals surface area contributed by atoms with Gasteiger partial charge < -0.3 is 25.1 Å². The molecule has 1 aromatic heterocycles. The molecule has 0 radical (unpaired) electrons. The molecular weight excluding hydrogens is 533 g/mol. The van der Waals surface area contributed by atoms with Crippen LogP contribution in [0.15, 0.2) is 77.2 Å². The van der Waals surface area contributed by atoms with E-state index in [0.717, 1.165) is 36.3 Å². The molecule has 2 amide bonds. The van der Waals surface area contributed by atoms with Crippen molar-refractivity contribution < 1.29 is 23.5 Å². The SMILES string of the molecule is CCN(CC)c1cc2oc(-c3ccc(F)cc3)c(C(=O)NC)c2cc1-c1cccc(C(=O)NC2CC=CCC2CO)c1. The largest absolute Gasteiger partial charge is 0.455 e. The van der Waals surface area contributed by atoms with Crippen LogP contribution >= 0.6 is 0 Å². The maximum absolute atomic E-state index is 13.7. The minimum absolute atomic E-state index is 0.0147. The Balaban J connectivity index is 1.64. The summed E-state index contributed by atoms with van der Waals surface area (Å²) in [6, 6.07) is 17.0. The van der Waals surface area contributed by atoms with Crippen LogP contribution in [0.3, 0.4) is 0 Å². The van der Waals surface area contributed by atoms with Crippen LogP contribution in [0.4, 0.5) is 10.1 Å². The number of carbonyl (C=O) groups is 2. The van der Waals surface area contributed by atoms with Crippen molar-refractivity contribution in [2.75, 3.05) is 31.6 Å². The minimum Gasteiger partial charge on any atom is -0.455 e. The Morgan fingerprint density at radius 1 is 0.976 bits per heavy atom. The number of aliphatic hydroxyl groups is 1. The molecule has 0 saturated carbocycles. The molecule has 3 aromatic carbocycles. The molecule has 7 nitrogen and oxygen atoms in total. The second kappa shape index (κ2) is 12.6. The molecule has 0 bridgehead atoms. The molecule has 1 aliphatic carbocycles. The minimum atomic E-state index is -0.377. The van der Waals surface area contributed by atoms with Crippen molar-refractivity contribution in [3.63, 3.8) is 0 Å². The van der Waals surface area contributed by atoms with E-state index < -0.39 is 0 Å². The van der Waals surface area contributed by atoms with Crippen molar-refractivity contribution >= 4 is 28.5 Å². The molecule has 5 rings (SSSR count). The van der Waals surface area contributed by atoms with Gasteiger partial charge in [0.2, 0.25) is 0 Å². The van der Waals surface area contributed by atoms with E-state index in [4.69, 9.17) is 4.42 Å². The number of halogens is 1. The number of furan rings is 1. The zero-order valence-electron chi connectivity index (χ0n) is 24.1. The number of hydrogen-bond donors (Lipinski definition) is 3. The van der Waals surface area contributed by atoms with Crippen LogP contribution in [0.2, 0.25) is 0 Å². The molecule has 4 aromatic rings. The fraction of sp³-hybridized carbons (Fsp3) is 0.294. The van der Waals surface area contributed by atoms with Gasteiger partial charge in [-0.3, -0.25) is 9.59 Å². The van der Waals surface area contributed by atoms with E-state index in [1.807, 2.05) is 42.5 Å². The lowest BCUT2D eigenvalue weighted by Crippen LogP contribution is -2.42. The van der Waals surface area contributed by atoms with Crippen LogP contribution in [0.1, 0.15) is 47.4 Å². The number of allylic oxidation sites excluding steroid dienone is 1. The van der Waals surface area contributed by atoms with E-state index in [1.54, 1.807) is 25.2 Å². The number of nitrogens with one attached hydrogen (secondary N) is 2. The molecular formula is C34H36FN3O4. The molecule has 218 valence electrons. The summed E-state index contributed by atoms with van der Waals surface area (Å²) in [4.78, 5) is 28.7. The first-order valence-electron chi connectivity index (χ1n) is 14.4. The van der Waals surface area contributed by atoms with Gasteiger partial charge in [-0.25, -0.2) is 4.39 Å². The molecule has 42 heavy (non-hydrogen) atoms. The van der Waals surface area contributed by atoms with E-state index >= 15 is 0 Å². The molecule has 2 atom stereocenters. The van der Waals surface area contributed by atoms with Crippen LogP contribution in [0.25, 0.3) is 33.4 Å². The first-order valence-corrected chi connectivity index (χ1v) is 14.4. The van der Waals surface area contributed by atoms with Crippen molar-refractivity contribution in [1.29, 1.82) is 0 Å². The van der Waals surface area contributed by atoms with E-state index in [9.17, 15) is 19.1 Å². The van der Waals surface area contributed by atoms with Gasteiger partial charge in [0.05, 0.1) is 5.56 Å². The first-order chi connectivity index (χ1) is 20.4. The number of aliphatic hydroxyl groups excluding tert-OH is 1.